The lowest BCUT2D eigenvalue weighted by atomic mass is 9.80. The lowest BCUT2D eigenvalue weighted by Crippen LogP contribution is -2.32. The Morgan fingerprint density at radius 1 is 0.700 bits per heavy atom. The van der Waals surface area contributed by atoms with Gasteiger partial charge >= 0.3 is 25.0 Å². The first-order valence-electron chi connectivity index (χ1n) is 23.5. The Hall–Kier alpha value is -6.29. The smallest absolute Gasteiger partial charge is 0.491 e. The summed E-state index contributed by atoms with van der Waals surface area (Å²) in [7, 11) is 2.23. The summed E-state index contributed by atoms with van der Waals surface area (Å²) in [6.07, 6.45) is 12.8. The average Bonchev–Trinajstić information content (AvgIpc) is 3.88. The van der Waals surface area contributed by atoms with Crippen LogP contribution in [0, 0.1) is 17.6 Å². The number of benzene rings is 5. The van der Waals surface area contributed by atoms with E-state index in [1.54, 1.807) is 16.7 Å². The molecule has 70 heavy (non-hydrogen) atoms. The number of phenols is 1. The number of aromatic hydroxyl groups is 1. The fourth-order valence-electron chi connectivity index (χ4n) is 9.81. The number of carbonyl (C=O) groups excluding carboxylic acids is 3. The summed E-state index contributed by atoms with van der Waals surface area (Å²) < 4.78 is 51.5. The first-order chi connectivity index (χ1) is 33.8. The fraction of sp³-hybridized carbons (Fsp3) is 0.327. The third-order valence-corrected chi connectivity index (χ3v) is 13.9. The van der Waals surface area contributed by atoms with E-state index in [1.807, 2.05) is 48.5 Å². The van der Waals surface area contributed by atoms with Crippen molar-refractivity contribution in [1.82, 2.24) is 4.57 Å². The van der Waals surface area contributed by atoms with Crippen LogP contribution in [-0.2, 0) is 38.6 Å². The van der Waals surface area contributed by atoms with Gasteiger partial charge in [-0.2, -0.15) is 0 Å². The highest BCUT2D eigenvalue weighted by atomic mass is 79.9. The van der Waals surface area contributed by atoms with Crippen molar-refractivity contribution in [3.05, 3.63) is 153 Å². The van der Waals surface area contributed by atoms with Crippen molar-refractivity contribution < 1.29 is 57.3 Å². The van der Waals surface area contributed by atoms with Crippen molar-refractivity contribution in [2.45, 2.75) is 89.7 Å². The van der Waals surface area contributed by atoms with E-state index in [4.69, 9.17) is 29.0 Å². The van der Waals surface area contributed by atoms with Crippen molar-refractivity contribution in [2.75, 3.05) is 21.3 Å². The molecular formula is C55H57BBrF2NO10. The Morgan fingerprint density at radius 2 is 1.33 bits per heavy atom. The van der Waals surface area contributed by atoms with Gasteiger partial charge in [0.05, 0.1) is 43.7 Å². The molecule has 0 amide bonds. The van der Waals surface area contributed by atoms with Gasteiger partial charge in [-0.1, -0.05) is 103 Å². The van der Waals surface area contributed by atoms with E-state index in [0.717, 1.165) is 67.2 Å². The number of phenolic OH excluding ortho intramolecular Hbond substituents is 1. The standard InChI is InChI=1S/C25H26FNO5.C17H19BrO2.C13H12BFO3/c1-31-22(29)14-27-21-12-16(25(30)32-2)8-10-19(21)23(15-6-4-3-5-7-15)24(27)18-11-9-17(28)13-20(18)26;1-20-17(19)12-7-8-14-13(9-12)10-15(18)16(14)11-5-3-2-4-6-11;15-13-8-11(6-7-12(13)14(16)17)18-9-10-4-2-1-3-5-10/h8-13,15,28H,3-7,14H2,1-2H3;7-9,11H,2-6,10H2,1H3;1-8,16-17H,9H2. The predicted octanol–water partition coefficient (Wildman–Crippen LogP) is 11.0. The molecule has 3 aliphatic rings. The first-order valence-corrected chi connectivity index (χ1v) is 24.3. The van der Waals surface area contributed by atoms with Gasteiger partial charge in [0.15, 0.2) is 0 Å². The van der Waals surface area contributed by atoms with E-state index in [2.05, 4.69) is 22.0 Å². The number of ether oxygens (including phenoxy) is 4. The highest BCUT2D eigenvalue weighted by Gasteiger charge is 2.31. The zero-order valence-electron chi connectivity index (χ0n) is 39.5. The van der Waals surface area contributed by atoms with Crippen LogP contribution < -0.4 is 10.2 Å². The molecule has 1 aromatic heterocycles. The largest absolute Gasteiger partial charge is 0.508 e. The minimum atomic E-state index is -1.81. The van der Waals surface area contributed by atoms with Crippen molar-refractivity contribution in [3.63, 3.8) is 0 Å². The Bertz CT molecular complexity index is 2850. The van der Waals surface area contributed by atoms with Crippen LogP contribution in [-0.4, -0.2) is 66.1 Å². The van der Waals surface area contributed by atoms with E-state index in [-0.39, 0.29) is 29.6 Å². The van der Waals surface area contributed by atoms with Crippen LogP contribution in [0.3, 0.4) is 0 Å². The summed E-state index contributed by atoms with van der Waals surface area (Å²) in [5.74, 6) is -1.46. The molecule has 1 heterocycles. The van der Waals surface area contributed by atoms with Crippen molar-refractivity contribution in [2.24, 2.45) is 5.92 Å². The summed E-state index contributed by atoms with van der Waals surface area (Å²) in [5.41, 5.74) is 8.35. The molecule has 0 aliphatic heterocycles. The number of aromatic nitrogens is 1. The van der Waals surface area contributed by atoms with Gasteiger partial charge in [0.2, 0.25) is 0 Å². The van der Waals surface area contributed by atoms with E-state index in [9.17, 15) is 23.9 Å². The molecule has 5 aromatic carbocycles. The fourth-order valence-corrected chi connectivity index (χ4v) is 10.6. The molecule has 2 fully saturated rings. The summed E-state index contributed by atoms with van der Waals surface area (Å²) in [4.78, 5) is 36.2. The number of allylic oxidation sites excluding steroid dienone is 2. The number of halogens is 3. The zero-order chi connectivity index (χ0) is 49.9. The molecule has 0 spiro atoms. The summed E-state index contributed by atoms with van der Waals surface area (Å²) >= 11 is 3.76. The van der Waals surface area contributed by atoms with Crippen LogP contribution in [0.5, 0.6) is 11.5 Å². The highest BCUT2D eigenvalue weighted by Crippen LogP contribution is 2.47. The van der Waals surface area contributed by atoms with Gasteiger partial charge in [0.1, 0.15) is 36.3 Å². The van der Waals surface area contributed by atoms with Gasteiger partial charge in [-0.3, -0.25) is 4.79 Å². The third kappa shape index (κ3) is 12.2. The lowest BCUT2D eigenvalue weighted by molar-refractivity contribution is -0.141. The van der Waals surface area contributed by atoms with E-state index < -0.39 is 30.7 Å². The minimum Gasteiger partial charge on any atom is -0.508 e. The molecule has 0 radical (unpaired) electrons. The number of hydrogen-bond donors (Lipinski definition) is 3. The van der Waals surface area contributed by atoms with E-state index in [0.29, 0.717) is 46.2 Å². The normalized spacial score (nSPS) is 14.7. The molecule has 0 atom stereocenters. The third-order valence-electron chi connectivity index (χ3n) is 13.2. The molecule has 3 N–H and O–H groups in total. The first kappa shape index (κ1) is 51.6. The predicted molar refractivity (Wildman–Crippen MR) is 269 cm³/mol. The van der Waals surface area contributed by atoms with Crippen LogP contribution >= 0.6 is 15.9 Å². The second-order valence-electron chi connectivity index (χ2n) is 17.7. The molecule has 15 heteroatoms. The minimum absolute atomic E-state index is 0.139. The molecule has 6 aromatic rings. The van der Waals surface area contributed by atoms with Gasteiger partial charge in [-0.25, -0.2) is 18.4 Å². The van der Waals surface area contributed by atoms with Gasteiger partial charge in [0, 0.05) is 39.4 Å². The monoisotopic (exact) mass is 1020 g/mol. The summed E-state index contributed by atoms with van der Waals surface area (Å²) in [6, 6.07) is 28.7. The van der Waals surface area contributed by atoms with Crippen LogP contribution in [0.2, 0.25) is 0 Å². The van der Waals surface area contributed by atoms with Gasteiger partial charge < -0.3 is 38.7 Å². The van der Waals surface area contributed by atoms with Crippen molar-refractivity contribution in [3.8, 4) is 22.8 Å². The molecule has 11 nitrogen and oxygen atoms in total. The van der Waals surface area contributed by atoms with Crippen LogP contribution in [0.25, 0.3) is 27.7 Å². The molecule has 0 saturated heterocycles. The van der Waals surface area contributed by atoms with Gasteiger partial charge in [0.25, 0.3) is 0 Å². The van der Waals surface area contributed by atoms with E-state index >= 15 is 4.39 Å². The molecule has 0 unspecified atom stereocenters. The average molecular weight is 1020 g/mol. The maximum absolute atomic E-state index is 15.1. The SMILES string of the molecule is COC(=O)Cn1c(-c2ccc(O)cc2F)c(C2CCCCC2)c2ccc(C(=O)OC)cc21.COC(=O)c1ccc2c(c1)CC(Br)=C2C1CCCCC1.OB(O)c1ccc(OCc2ccccc2)cc1F. The Morgan fingerprint density at radius 3 is 1.94 bits per heavy atom. The summed E-state index contributed by atoms with van der Waals surface area (Å²) in [5, 5.41) is 28.4. The topological polar surface area (TPSA) is 154 Å². The number of nitrogens with zero attached hydrogens (tertiary/aromatic N) is 1. The van der Waals surface area contributed by atoms with Crippen molar-refractivity contribution >= 4 is 62.9 Å². The second-order valence-corrected chi connectivity index (χ2v) is 18.6. The van der Waals surface area contributed by atoms with Crippen LogP contribution in [0.15, 0.2) is 108 Å². The van der Waals surface area contributed by atoms with Gasteiger partial charge in [-0.05, 0) is 108 Å². The number of carbonyl (C=O) groups is 3. The number of fused-ring (bicyclic) bond motifs is 2. The van der Waals surface area contributed by atoms with Crippen LogP contribution in [0.4, 0.5) is 8.78 Å². The maximum atomic E-state index is 15.1. The zero-order valence-corrected chi connectivity index (χ0v) is 41.1. The number of methoxy groups -OCH3 is 3. The van der Waals surface area contributed by atoms with Crippen LogP contribution in [0.1, 0.15) is 113 Å². The van der Waals surface area contributed by atoms with E-state index in [1.165, 1.54) is 98.9 Å². The van der Waals surface area contributed by atoms with Gasteiger partial charge in [-0.15, -0.1) is 0 Å². The van der Waals surface area contributed by atoms with Crippen molar-refractivity contribution in [1.29, 1.82) is 0 Å². The molecule has 3 aliphatic carbocycles. The highest BCUT2D eigenvalue weighted by molar-refractivity contribution is 9.11. The summed E-state index contributed by atoms with van der Waals surface area (Å²) in [6.45, 7) is 0.196. The molecule has 366 valence electrons. The number of rotatable bonds is 11. The molecule has 2 saturated carbocycles. The molecule has 9 rings (SSSR count). The second kappa shape index (κ2) is 24.0. The maximum Gasteiger partial charge on any atom is 0.491 e. The Labute approximate surface area is 415 Å². The number of hydrogen-bond acceptors (Lipinski definition) is 10. The molecular weight excluding hydrogens is 963 g/mol. The lowest BCUT2D eigenvalue weighted by Gasteiger charge is -2.24. The quantitative estimate of drug-likeness (QED) is 0.0649. The molecule has 0 bridgehead atoms. The Kier molecular flexibility index (Phi) is 17.7. The Balaban J connectivity index is 0.000000164. The number of esters is 3.